The molecule has 0 saturated carbocycles. The van der Waals surface area contributed by atoms with Crippen LogP contribution in [0.5, 0.6) is 0 Å². The fourth-order valence-electron chi connectivity index (χ4n) is 1.76. The Morgan fingerprint density at radius 1 is 1.14 bits per heavy atom. The summed E-state index contributed by atoms with van der Waals surface area (Å²) in [7, 11) is 0. The molecule has 0 spiro atoms. The number of amides is 1. The van der Waals surface area contributed by atoms with Crippen molar-refractivity contribution >= 4 is 11.8 Å². The number of benzene rings is 2. The highest BCUT2D eigenvalue weighted by molar-refractivity contribution is 5.87. The molecule has 2 aromatic rings. The summed E-state index contributed by atoms with van der Waals surface area (Å²) >= 11 is 0. The third-order valence-corrected chi connectivity index (χ3v) is 2.78. The Balaban J connectivity index is 2.33. The fraction of sp³-hybridized carbons (Fsp3) is 0.111. The number of nitrogens with one attached hydrogen (secondary N) is 1. The van der Waals surface area contributed by atoms with Crippen molar-refractivity contribution in [3.63, 3.8) is 0 Å². The number of hydrogen-bond donors (Lipinski definition) is 1. The Hall–Kier alpha value is -3.24. The van der Waals surface area contributed by atoms with Gasteiger partial charge in [-0.3, -0.25) is 5.32 Å². The molecule has 4 heteroatoms. The monoisotopic (exact) mass is 290 g/mol. The Bertz CT molecular complexity index is 765. The molecule has 0 fully saturated rings. The molecule has 1 amide bonds. The van der Waals surface area contributed by atoms with Crippen molar-refractivity contribution in [1.29, 1.82) is 5.26 Å². The van der Waals surface area contributed by atoms with Gasteiger partial charge >= 0.3 is 6.09 Å². The van der Waals surface area contributed by atoms with E-state index in [0.717, 1.165) is 5.56 Å². The Morgan fingerprint density at radius 3 is 2.59 bits per heavy atom. The predicted octanol–water partition coefficient (Wildman–Crippen LogP) is 3.53. The van der Waals surface area contributed by atoms with Gasteiger partial charge in [-0.2, -0.15) is 5.26 Å². The van der Waals surface area contributed by atoms with E-state index in [1.165, 1.54) is 0 Å². The van der Waals surface area contributed by atoms with Crippen LogP contribution in [0.4, 0.5) is 10.5 Å². The van der Waals surface area contributed by atoms with Crippen LogP contribution >= 0.6 is 0 Å². The predicted molar refractivity (Wildman–Crippen MR) is 84.2 cm³/mol. The highest BCUT2D eigenvalue weighted by Gasteiger charge is 2.07. The standard InChI is InChI=1S/C18H14N2O2/c1-2-22-18(21)20-17-11-9-15(13-19)12-16(17)10-8-14-6-4-3-5-7-14/h3-7,9,11-12H,2H2,1H3,(H,20,21). The first-order chi connectivity index (χ1) is 10.7. The minimum atomic E-state index is -0.546. The SMILES string of the molecule is CCOC(=O)Nc1ccc(C#N)cc1C#Cc1ccccc1. The number of nitrogens with zero attached hydrogens (tertiary/aromatic N) is 1. The highest BCUT2D eigenvalue weighted by atomic mass is 16.5. The molecule has 1 N–H and O–H groups in total. The van der Waals surface area contributed by atoms with Crippen LogP contribution in [0.2, 0.25) is 0 Å². The van der Waals surface area contributed by atoms with E-state index in [-0.39, 0.29) is 6.61 Å². The lowest BCUT2D eigenvalue weighted by atomic mass is 10.1. The lowest BCUT2D eigenvalue weighted by Crippen LogP contribution is -2.14. The van der Waals surface area contributed by atoms with E-state index >= 15 is 0 Å². The minimum absolute atomic E-state index is 0.285. The van der Waals surface area contributed by atoms with E-state index in [0.29, 0.717) is 16.8 Å². The number of ether oxygens (including phenoxy) is 1. The van der Waals surface area contributed by atoms with Gasteiger partial charge in [-0.15, -0.1) is 0 Å². The molecule has 22 heavy (non-hydrogen) atoms. The molecule has 0 aliphatic heterocycles. The number of anilines is 1. The second-order valence-electron chi connectivity index (χ2n) is 4.33. The van der Waals surface area contributed by atoms with Crippen molar-refractivity contribution in [2.24, 2.45) is 0 Å². The van der Waals surface area contributed by atoms with Crippen LogP contribution in [0.15, 0.2) is 48.5 Å². The molecule has 2 rings (SSSR count). The Kier molecular flexibility index (Phi) is 5.18. The van der Waals surface area contributed by atoms with Crippen molar-refractivity contribution < 1.29 is 9.53 Å². The van der Waals surface area contributed by atoms with Gasteiger partial charge in [0.1, 0.15) is 0 Å². The molecule has 0 bridgehead atoms. The fourth-order valence-corrected chi connectivity index (χ4v) is 1.76. The molecular weight excluding hydrogens is 276 g/mol. The molecule has 4 nitrogen and oxygen atoms in total. The molecule has 0 aromatic heterocycles. The summed E-state index contributed by atoms with van der Waals surface area (Å²) in [6, 6.07) is 16.4. The summed E-state index contributed by atoms with van der Waals surface area (Å²) in [5.74, 6) is 5.99. The van der Waals surface area contributed by atoms with Gasteiger partial charge < -0.3 is 4.74 Å². The minimum Gasteiger partial charge on any atom is -0.450 e. The normalized spacial score (nSPS) is 9.09. The molecule has 0 unspecified atom stereocenters. The second-order valence-corrected chi connectivity index (χ2v) is 4.33. The van der Waals surface area contributed by atoms with Crippen LogP contribution < -0.4 is 5.32 Å². The first kappa shape index (κ1) is 15.2. The molecular formula is C18H14N2O2. The first-order valence-corrected chi connectivity index (χ1v) is 6.78. The zero-order valence-electron chi connectivity index (χ0n) is 12.1. The summed E-state index contributed by atoms with van der Waals surface area (Å²) in [5, 5.41) is 11.6. The van der Waals surface area contributed by atoms with Crippen LogP contribution in [-0.2, 0) is 4.74 Å². The Labute approximate surface area is 129 Å². The number of rotatable bonds is 2. The topological polar surface area (TPSA) is 62.1 Å². The van der Waals surface area contributed by atoms with Crippen molar-refractivity contribution in [3.05, 3.63) is 65.2 Å². The van der Waals surface area contributed by atoms with Gasteiger partial charge in [0, 0.05) is 11.1 Å². The molecule has 0 aliphatic rings. The maximum atomic E-state index is 11.5. The lowest BCUT2D eigenvalue weighted by Gasteiger charge is -2.07. The smallest absolute Gasteiger partial charge is 0.411 e. The largest absolute Gasteiger partial charge is 0.450 e. The van der Waals surface area contributed by atoms with Gasteiger partial charge in [0.2, 0.25) is 0 Å². The number of carbonyl (C=O) groups excluding carboxylic acids is 1. The van der Waals surface area contributed by atoms with Crippen LogP contribution in [0.25, 0.3) is 0 Å². The lowest BCUT2D eigenvalue weighted by molar-refractivity contribution is 0.168. The molecule has 2 aromatic carbocycles. The average molecular weight is 290 g/mol. The summed E-state index contributed by atoms with van der Waals surface area (Å²) in [5.41, 5.74) is 2.41. The van der Waals surface area contributed by atoms with Crippen LogP contribution in [0.3, 0.4) is 0 Å². The maximum Gasteiger partial charge on any atom is 0.411 e. The van der Waals surface area contributed by atoms with Gasteiger partial charge in [0.15, 0.2) is 0 Å². The van der Waals surface area contributed by atoms with E-state index in [9.17, 15) is 4.79 Å². The van der Waals surface area contributed by atoms with Crippen LogP contribution in [0, 0.1) is 23.2 Å². The molecule has 0 saturated heterocycles. The number of hydrogen-bond acceptors (Lipinski definition) is 3. The van der Waals surface area contributed by atoms with Gasteiger partial charge in [0.05, 0.1) is 23.9 Å². The van der Waals surface area contributed by atoms with Crippen molar-refractivity contribution in [3.8, 4) is 17.9 Å². The molecule has 0 heterocycles. The van der Waals surface area contributed by atoms with E-state index in [4.69, 9.17) is 10.00 Å². The zero-order valence-corrected chi connectivity index (χ0v) is 12.1. The molecule has 0 radical (unpaired) electrons. The second kappa shape index (κ2) is 7.52. The van der Waals surface area contributed by atoms with E-state index in [1.807, 2.05) is 30.3 Å². The summed E-state index contributed by atoms with van der Waals surface area (Å²) in [6.07, 6.45) is -0.546. The van der Waals surface area contributed by atoms with Crippen molar-refractivity contribution in [2.75, 3.05) is 11.9 Å². The van der Waals surface area contributed by atoms with Gasteiger partial charge in [-0.25, -0.2) is 4.79 Å². The first-order valence-electron chi connectivity index (χ1n) is 6.78. The van der Waals surface area contributed by atoms with Crippen LogP contribution in [-0.4, -0.2) is 12.7 Å². The molecule has 108 valence electrons. The van der Waals surface area contributed by atoms with Gasteiger partial charge in [0.25, 0.3) is 0 Å². The van der Waals surface area contributed by atoms with E-state index < -0.39 is 6.09 Å². The maximum absolute atomic E-state index is 11.5. The number of nitriles is 1. The third-order valence-electron chi connectivity index (χ3n) is 2.78. The summed E-state index contributed by atoms with van der Waals surface area (Å²) in [4.78, 5) is 11.5. The highest BCUT2D eigenvalue weighted by Crippen LogP contribution is 2.17. The van der Waals surface area contributed by atoms with E-state index in [2.05, 4.69) is 23.2 Å². The van der Waals surface area contributed by atoms with Gasteiger partial charge in [-0.1, -0.05) is 30.0 Å². The zero-order chi connectivity index (χ0) is 15.8. The third kappa shape index (κ3) is 4.13. The number of carbonyl (C=O) groups is 1. The van der Waals surface area contributed by atoms with Gasteiger partial charge in [-0.05, 0) is 37.3 Å². The summed E-state index contributed by atoms with van der Waals surface area (Å²) < 4.78 is 4.86. The molecule has 0 aliphatic carbocycles. The van der Waals surface area contributed by atoms with Crippen LogP contribution in [0.1, 0.15) is 23.6 Å². The van der Waals surface area contributed by atoms with E-state index in [1.54, 1.807) is 25.1 Å². The van der Waals surface area contributed by atoms with Crippen molar-refractivity contribution in [1.82, 2.24) is 0 Å². The molecule has 0 atom stereocenters. The van der Waals surface area contributed by atoms with Crippen molar-refractivity contribution in [2.45, 2.75) is 6.92 Å². The average Bonchev–Trinajstić information content (AvgIpc) is 2.55. The summed E-state index contributed by atoms with van der Waals surface area (Å²) in [6.45, 7) is 2.02. The quantitative estimate of drug-likeness (QED) is 0.861. The Morgan fingerprint density at radius 2 is 1.91 bits per heavy atom.